The number of carbonyl (C=O) groups is 1. The lowest BCUT2D eigenvalue weighted by Crippen LogP contribution is -2.31. The fraction of sp³-hybridized carbons (Fsp3) is 0.267. The van der Waals surface area contributed by atoms with Crippen molar-refractivity contribution in [3.8, 4) is 5.75 Å². The zero-order valence-electron chi connectivity index (χ0n) is 10.6. The maximum Gasteiger partial charge on any atom is 0.251 e. The summed E-state index contributed by atoms with van der Waals surface area (Å²) in [4.78, 5) is 12.0. The van der Waals surface area contributed by atoms with Gasteiger partial charge in [-0.25, -0.2) is 0 Å². The lowest BCUT2D eigenvalue weighted by Gasteiger charge is -2.11. The summed E-state index contributed by atoms with van der Waals surface area (Å²) in [6, 6.07) is 10.6. The number of fused-ring (bicyclic) bond motifs is 1. The summed E-state index contributed by atoms with van der Waals surface area (Å²) in [5.41, 5.74) is 0.430. The second-order valence-electron chi connectivity index (χ2n) is 4.48. The first-order valence-corrected chi connectivity index (χ1v) is 6.12. The van der Waals surface area contributed by atoms with Gasteiger partial charge in [0.25, 0.3) is 5.91 Å². The van der Waals surface area contributed by atoms with Crippen molar-refractivity contribution >= 4 is 16.7 Å². The number of hydrogen-bond donors (Lipinski definition) is 1. The van der Waals surface area contributed by atoms with Crippen LogP contribution in [-0.2, 0) is 5.11 Å². The van der Waals surface area contributed by atoms with Crippen LogP contribution in [0.4, 0.5) is 0 Å². The van der Waals surface area contributed by atoms with Gasteiger partial charge in [0, 0.05) is 17.0 Å². The van der Waals surface area contributed by atoms with Gasteiger partial charge in [-0.1, -0.05) is 31.2 Å². The van der Waals surface area contributed by atoms with Crippen molar-refractivity contribution in [2.45, 2.75) is 26.3 Å². The summed E-state index contributed by atoms with van der Waals surface area (Å²) in [7, 11) is 0. The summed E-state index contributed by atoms with van der Waals surface area (Å²) < 4.78 is 0. The molecule has 0 saturated carbocycles. The third-order valence-electron chi connectivity index (χ3n) is 3.08. The van der Waals surface area contributed by atoms with Crippen molar-refractivity contribution in [1.82, 2.24) is 5.32 Å². The first-order valence-electron chi connectivity index (χ1n) is 6.12. The highest BCUT2D eigenvalue weighted by Gasteiger charge is 2.12. The number of benzene rings is 2. The van der Waals surface area contributed by atoms with Gasteiger partial charge in [0.15, 0.2) is 5.75 Å². The Kier molecular flexibility index (Phi) is 3.51. The normalized spacial score (nSPS) is 12.3. The van der Waals surface area contributed by atoms with E-state index in [2.05, 4.69) is 5.32 Å². The van der Waals surface area contributed by atoms with Gasteiger partial charge in [0.2, 0.25) is 0 Å². The molecule has 0 saturated heterocycles. The molecule has 1 amide bonds. The molecule has 0 aliphatic rings. The third-order valence-corrected chi connectivity index (χ3v) is 3.08. The maximum atomic E-state index is 12.0. The molecule has 0 aromatic heterocycles. The van der Waals surface area contributed by atoms with E-state index in [-0.39, 0.29) is 17.7 Å². The van der Waals surface area contributed by atoms with E-state index in [9.17, 15) is 9.90 Å². The number of amides is 1. The zero-order valence-corrected chi connectivity index (χ0v) is 10.6. The Bertz CT molecular complexity index is 578. The lowest BCUT2D eigenvalue weighted by molar-refractivity contribution is 0.0939. The molecule has 18 heavy (non-hydrogen) atoms. The minimum absolute atomic E-state index is 0.109. The van der Waals surface area contributed by atoms with Crippen LogP contribution >= 0.6 is 0 Å². The van der Waals surface area contributed by atoms with Crippen molar-refractivity contribution in [1.29, 1.82) is 0 Å². The average molecular weight is 242 g/mol. The Labute approximate surface area is 106 Å². The monoisotopic (exact) mass is 242 g/mol. The van der Waals surface area contributed by atoms with Crippen molar-refractivity contribution in [2.75, 3.05) is 0 Å². The SMILES string of the molecule is CCC(C)NC(=O)c1cc([O])c2ccccc2c1. The Morgan fingerprint density at radius 1 is 1.28 bits per heavy atom. The van der Waals surface area contributed by atoms with Gasteiger partial charge in [-0.15, -0.1) is 0 Å². The number of carbonyl (C=O) groups excluding carboxylic acids is 1. The van der Waals surface area contributed by atoms with E-state index in [1.807, 2.05) is 32.0 Å². The molecule has 0 bridgehead atoms. The molecule has 2 aromatic carbocycles. The molecule has 3 nitrogen and oxygen atoms in total. The summed E-state index contributed by atoms with van der Waals surface area (Å²) in [5, 5.41) is 16.2. The maximum absolute atomic E-state index is 12.0. The summed E-state index contributed by atoms with van der Waals surface area (Å²) >= 11 is 0. The molecular weight excluding hydrogens is 226 g/mol. The van der Waals surface area contributed by atoms with Crippen LogP contribution < -0.4 is 5.32 Å². The molecule has 1 atom stereocenters. The van der Waals surface area contributed by atoms with Crippen LogP contribution in [0.2, 0.25) is 0 Å². The highest BCUT2D eigenvalue weighted by atomic mass is 16.3. The summed E-state index contributed by atoms with van der Waals surface area (Å²) in [6.45, 7) is 3.95. The van der Waals surface area contributed by atoms with E-state index in [1.54, 1.807) is 12.1 Å². The van der Waals surface area contributed by atoms with E-state index in [4.69, 9.17) is 0 Å². The largest absolute Gasteiger partial charge is 0.350 e. The van der Waals surface area contributed by atoms with Crippen LogP contribution in [0.1, 0.15) is 30.6 Å². The van der Waals surface area contributed by atoms with Crippen molar-refractivity contribution in [2.24, 2.45) is 0 Å². The van der Waals surface area contributed by atoms with Crippen molar-refractivity contribution in [3.63, 3.8) is 0 Å². The quantitative estimate of drug-likeness (QED) is 0.879. The number of nitrogens with one attached hydrogen (secondary N) is 1. The molecule has 1 unspecified atom stereocenters. The van der Waals surface area contributed by atoms with Gasteiger partial charge < -0.3 is 5.32 Å². The van der Waals surface area contributed by atoms with E-state index >= 15 is 0 Å². The highest BCUT2D eigenvalue weighted by molar-refractivity contribution is 6.00. The Morgan fingerprint density at radius 3 is 2.72 bits per heavy atom. The molecule has 2 rings (SSSR count). The van der Waals surface area contributed by atoms with Gasteiger partial charge in [0.05, 0.1) is 0 Å². The molecule has 93 valence electrons. The Morgan fingerprint density at radius 2 is 2.00 bits per heavy atom. The lowest BCUT2D eigenvalue weighted by atomic mass is 10.1. The minimum atomic E-state index is -0.188. The van der Waals surface area contributed by atoms with E-state index < -0.39 is 0 Å². The molecule has 0 spiro atoms. The zero-order chi connectivity index (χ0) is 13.1. The predicted octanol–water partition coefficient (Wildman–Crippen LogP) is 3.51. The van der Waals surface area contributed by atoms with Crippen LogP contribution in [0.25, 0.3) is 10.8 Å². The van der Waals surface area contributed by atoms with Crippen LogP contribution in [0.3, 0.4) is 0 Å². The fourth-order valence-electron chi connectivity index (χ4n) is 1.82. The van der Waals surface area contributed by atoms with Crippen LogP contribution in [0.15, 0.2) is 36.4 Å². The molecular formula is C15H16NO2. The molecule has 0 heterocycles. The third kappa shape index (κ3) is 2.45. The fourth-order valence-corrected chi connectivity index (χ4v) is 1.82. The van der Waals surface area contributed by atoms with Gasteiger partial charge in [0.1, 0.15) is 0 Å². The predicted molar refractivity (Wildman–Crippen MR) is 71.3 cm³/mol. The molecule has 0 fully saturated rings. The van der Waals surface area contributed by atoms with E-state index in [1.165, 1.54) is 6.07 Å². The van der Waals surface area contributed by atoms with Crippen molar-refractivity contribution < 1.29 is 9.90 Å². The van der Waals surface area contributed by atoms with Gasteiger partial charge >= 0.3 is 0 Å². The minimum Gasteiger partial charge on any atom is -0.350 e. The first-order chi connectivity index (χ1) is 8.61. The summed E-state index contributed by atoms with van der Waals surface area (Å²) in [5.74, 6) is -0.297. The van der Waals surface area contributed by atoms with Crippen LogP contribution in [-0.4, -0.2) is 11.9 Å². The van der Waals surface area contributed by atoms with Gasteiger partial charge in [-0.2, -0.15) is 0 Å². The second kappa shape index (κ2) is 5.08. The number of hydrogen-bond acceptors (Lipinski definition) is 1. The molecule has 3 heteroatoms. The van der Waals surface area contributed by atoms with Crippen molar-refractivity contribution in [3.05, 3.63) is 42.0 Å². The molecule has 2 aromatic rings. The standard InChI is InChI=1S/C15H16NO2/c1-3-10(2)16-15(18)12-8-11-6-4-5-7-13(11)14(17)9-12/h4-10H,3H2,1-2H3,(H,16,18). The molecule has 0 aliphatic heterocycles. The second-order valence-corrected chi connectivity index (χ2v) is 4.48. The van der Waals surface area contributed by atoms with Crippen LogP contribution in [0, 0.1) is 0 Å². The average Bonchev–Trinajstić information content (AvgIpc) is 2.38. The topological polar surface area (TPSA) is 49.0 Å². The molecule has 1 N–H and O–H groups in total. The van der Waals surface area contributed by atoms with E-state index in [0.717, 1.165) is 11.8 Å². The van der Waals surface area contributed by atoms with Crippen LogP contribution in [0.5, 0.6) is 5.75 Å². The highest BCUT2D eigenvalue weighted by Crippen LogP contribution is 2.26. The smallest absolute Gasteiger partial charge is 0.251 e. The van der Waals surface area contributed by atoms with Gasteiger partial charge in [-0.05, 0) is 30.9 Å². The number of rotatable bonds is 3. The van der Waals surface area contributed by atoms with Gasteiger partial charge in [-0.3, -0.25) is 9.90 Å². The molecule has 0 aliphatic carbocycles. The molecule has 1 radical (unpaired) electrons. The Hall–Kier alpha value is -2.03. The Balaban J connectivity index is 2.37. The van der Waals surface area contributed by atoms with E-state index in [0.29, 0.717) is 10.9 Å². The summed E-state index contributed by atoms with van der Waals surface area (Å²) in [6.07, 6.45) is 0.865. The first kappa shape index (κ1) is 12.4.